The maximum absolute atomic E-state index is 12.5. The van der Waals surface area contributed by atoms with Gasteiger partial charge < -0.3 is 14.4 Å². The molecule has 1 amide bonds. The molecule has 0 saturated carbocycles. The van der Waals surface area contributed by atoms with Gasteiger partial charge in [-0.15, -0.1) is 0 Å². The Morgan fingerprint density at radius 2 is 2.15 bits per heavy atom. The fraction of sp³-hybridized carbons (Fsp3) is 0.438. The number of ether oxygens (including phenoxy) is 2. The maximum Gasteiger partial charge on any atom is 0.254 e. The quantitative estimate of drug-likeness (QED) is 0.793. The molecule has 2 rings (SSSR count). The van der Waals surface area contributed by atoms with E-state index in [2.05, 4.69) is 6.58 Å². The summed E-state index contributed by atoms with van der Waals surface area (Å²) in [5, 5.41) is 0. The number of carbonyl (C=O) groups is 1. The second kappa shape index (κ2) is 6.57. The number of morpholine rings is 1. The number of hydrogen-bond donors (Lipinski definition) is 0. The predicted octanol–water partition coefficient (Wildman–Crippen LogP) is 2.50. The lowest BCUT2D eigenvalue weighted by molar-refractivity contribution is -0.0586. The molecule has 0 bridgehead atoms. The second-order valence-corrected chi connectivity index (χ2v) is 5.09. The number of nitrogens with zero attached hydrogens (tertiary/aromatic N) is 1. The zero-order valence-corrected chi connectivity index (χ0v) is 12.0. The van der Waals surface area contributed by atoms with E-state index in [0.29, 0.717) is 31.0 Å². The minimum Gasteiger partial charge on any atom is -0.490 e. The molecule has 1 aliphatic rings. The lowest BCUT2D eigenvalue weighted by Crippen LogP contribution is -2.48. The Kier molecular flexibility index (Phi) is 4.79. The summed E-state index contributed by atoms with van der Waals surface area (Å²) in [6, 6.07) is 7.26. The Hall–Kier alpha value is -1.81. The molecule has 0 radical (unpaired) electrons. The Morgan fingerprint density at radius 1 is 1.45 bits per heavy atom. The van der Waals surface area contributed by atoms with Crippen LogP contribution in [0, 0.1) is 0 Å². The molecule has 0 aromatic heterocycles. The summed E-state index contributed by atoms with van der Waals surface area (Å²) in [5.41, 5.74) is 0.646. The highest BCUT2D eigenvalue weighted by Crippen LogP contribution is 2.18. The van der Waals surface area contributed by atoms with E-state index in [9.17, 15) is 4.79 Å². The lowest BCUT2D eigenvalue weighted by atomic mass is 10.1. The third-order valence-corrected chi connectivity index (χ3v) is 3.16. The molecule has 1 aromatic carbocycles. The standard InChI is InChI=1S/C16H21NO3/c1-4-8-19-15-7-5-6-14(9-15)16(18)17-10-12(2)20-13(3)11-17/h4-7,9,12-13H,1,8,10-11H2,2-3H3/t12-,13-/m0/s1. The van der Waals surface area contributed by atoms with Gasteiger partial charge in [0.15, 0.2) is 0 Å². The van der Waals surface area contributed by atoms with Crippen LogP contribution in [0.4, 0.5) is 0 Å². The lowest BCUT2D eigenvalue weighted by Gasteiger charge is -2.35. The fourth-order valence-electron chi connectivity index (χ4n) is 2.40. The molecular formula is C16H21NO3. The van der Waals surface area contributed by atoms with E-state index < -0.39 is 0 Å². The SMILES string of the molecule is C=CCOc1cccc(C(=O)N2C[C@H](C)O[C@@H](C)C2)c1. The molecule has 0 aliphatic carbocycles. The topological polar surface area (TPSA) is 38.8 Å². The van der Waals surface area contributed by atoms with E-state index in [1.807, 2.05) is 36.9 Å². The van der Waals surface area contributed by atoms with E-state index >= 15 is 0 Å². The van der Waals surface area contributed by atoms with Crippen molar-refractivity contribution in [3.05, 3.63) is 42.5 Å². The number of rotatable bonds is 4. The molecule has 1 aliphatic heterocycles. The van der Waals surface area contributed by atoms with Gasteiger partial charge in [0.1, 0.15) is 12.4 Å². The molecule has 1 aromatic rings. The third-order valence-electron chi connectivity index (χ3n) is 3.16. The highest BCUT2D eigenvalue weighted by molar-refractivity contribution is 5.94. The van der Waals surface area contributed by atoms with Crippen LogP contribution in [-0.2, 0) is 4.74 Å². The summed E-state index contributed by atoms with van der Waals surface area (Å²) in [5.74, 6) is 0.709. The zero-order valence-electron chi connectivity index (χ0n) is 12.0. The van der Waals surface area contributed by atoms with E-state index in [0.717, 1.165) is 0 Å². The van der Waals surface area contributed by atoms with Crippen LogP contribution in [0.2, 0.25) is 0 Å². The first-order valence-electron chi connectivity index (χ1n) is 6.88. The summed E-state index contributed by atoms with van der Waals surface area (Å²) in [4.78, 5) is 14.4. The van der Waals surface area contributed by atoms with Crippen molar-refractivity contribution in [3.8, 4) is 5.75 Å². The Labute approximate surface area is 120 Å². The van der Waals surface area contributed by atoms with Crippen molar-refractivity contribution >= 4 is 5.91 Å². The Bertz CT molecular complexity index is 476. The van der Waals surface area contributed by atoms with Gasteiger partial charge in [-0.3, -0.25) is 4.79 Å². The van der Waals surface area contributed by atoms with E-state index in [-0.39, 0.29) is 18.1 Å². The van der Waals surface area contributed by atoms with Gasteiger partial charge in [0.25, 0.3) is 5.91 Å². The first kappa shape index (κ1) is 14.6. The molecule has 4 heteroatoms. The molecule has 4 nitrogen and oxygen atoms in total. The van der Waals surface area contributed by atoms with Gasteiger partial charge in [-0.2, -0.15) is 0 Å². The molecule has 2 atom stereocenters. The van der Waals surface area contributed by atoms with Crippen LogP contribution in [0.3, 0.4) is 0 Å². The van der Waals surface area contributed by atoms with Gasteiger partial charge in [0.05, 0.1) is 12.2 Å². The maximum atomic E-state index is 12.5. The summed E-state index contributed by atoms with van der Waals surface area (Å²) in [7, 11) is 0. The molecule has 20 heavy (non-hydrogen) atoms. The van der Waals surface area contributed by atoms with Crippen LogP contribution >= 0.6 is 0 Å². The van der Waals surface area contributed by atoms with Crippen molar-refractivity contribution in [2.45, 2.75) is 26.1 Å². The molecule has 1 heterocycles. The van der Waals surface area contributed by atoms with Crippen molar-refractivity contribution in [1.82, 2.24) is 4.90 Å². The van der Waals surface area contributed by atoms with Gasteiger partial charge >= 0.3 is 0 Å². The van der Waals surface area contributed by atoms with Gasteiger partial charge in [-0.05, 0) is 32.0 Å². The average molecular weight is 275 g/mol. The van der Waals surface area contributed by atoms with Gasteiger partial charge in [0, 0.05) is 18.7 Å². The van der Waals surface area contributed by atoms with E-state index in [1.54, 1.807) is 12.1 Å². The molecule has 1 fully saturated rings. The summed E-state index contributed by atoms with van der Waals surface area (Å²) in [6.45, 7) is 9.27. The summed E-state index contributed by atoms with van der Waals surface area (Å²) in [6.07, 6.45) is 1.82. The number of carbonyl (C=O) groups excluding carboxylic acids is 1. The second-order valence-electron chi connectivity index (χ2n) is 5.09. The Balaban J connectivity index is 2.10. The third kappa shape index (κ3) is 3.61. The van der Waals surface area contributed by atoms with Crippen LogP contribution in [0.1, 0.15) is 24.2 Å². The minimum absolute atomic E-state index is 0.0241. The largest absolute Gasteiger partial charge is 0.490 e. The van der Waals surface area contributed by atoms with Gasteiger partial charge in [-0.25, -0.2) is 0 Å². The van der Waals surface area contributed by atoms with Gasteiger partial charge in [-0.1, -0.05) is 18.7 Å². The summed E-state index contributed by atoms with van der Waals surface area (Å²) >= 11 is 0. The van der Waals surface area contributed by atoms with Crippen molar-refractivity contribution in [1.29, 1.82) is 0 Å². The van der Waals surface area contributed by atoms with Crippen LogP contribution in [-0.4, -0.2) is 42.7 Å². The molecular weight excluding hydrogens is 254 g/mol. The van der Waals surface area contributed by atoms with Crippen molar-refractivity contribution in [3.63, 3.8) is 0 Å². The number of amides is 1. The van der Waals surface area contributed by atoms with Crippen molar-refractivity contribution in [2.24, 2.45) is 0 Å². The number of hydrogen-bond acceptors (Lipinski definition) is 3. The highest BCUT2D eigenvalue weighted by Gasteiger charge is 2.26. The molecule has 0 N–H and O–H groups in total. The van der Waals surface area contributed by atoms with Crippen LogP contribution in [0.25, 0.3) is 0 Å². The van der Waals surface area contributed by atoms with Crippen LogP contribution in [0.5, 0.6) is 5.75 Å². The van der Waals surface area contributed by atoms with E-state index in [1.165, 1.54) is 0 Å². The van der Waals surface area contributed by atoms with Crippen LogP contribution < -0.4 is 4.74 Å². The molecule has 108 valence electrons. The predicted molar refractivity (Wildman–Crippen MR) is 78.0 cm³/mol. The molecule has 0 unspecified atom stereocenters. The van der Waals surface area contributed by atoms with E-state index in [4.69, 9.17) is 9.47 Å². The minimum atomic E-state index is 0.0241. The normalized spacial score (nSPS) is 22.4. The summed E-state index contributed by atoms with van der Waals surface area (Å²) < 4.78 is 11.1. The van der Waals surface area contributed by atoms with Gasteiger partial charge in [0.2, 0.25) is 0 Å². The first-order chi connectivity index (χ1) is 9.60. The molecule has 0 spiro atoms. The molecule has 1 saturated heterocycles. The van der Waals surface area contributed by atoms with Crippen molar-refractivity contribution in [2.75, 3.05) is 19.7 Å². The number of benzene rings is 1. The van der Waals surface area contributed by atoms with Crippen LogP contribution in [0.15, 0.2) is 36.9 Å². The fourth-order valence-corrected chi connectivity index (χ4v) is 2.40. The Morgan fingerprint density at radius 3 is 2.80 bits per heavy atom. The smallest absolute Gasteiger partial charge is 0.254 e. The average Bonchev–Trinajstić information content (AvgIpc) is 2.43. The van der Waals surface area contributed by atoms with Crippen molar-refractivity contribution < 1.29 is 14.3 Å². The highest BCUT2D eigenvalue weighted by atomic mass is 16.5. The zero-order chi connectivity index (χ0) is 14.5. The first-order valence-corrected chi connectivity index (χ1v) is 6.88. The monoisotopic (exact) mass is 275 g/mol.